The zero-order chi connectivity index (χ0) is 10.2. The maximum atomic E-state index is 5.60. The van der Waals surface area contributed by atoms with E-state index in [9.17, 15) is 0 Å². The molecule has 0 unspecified atom stereocenters. The van der Waals surface area contributed by atoms with Crippen molar-refractivity contribution >= 4 is 0 Å². The lowest BCUT2D eigenvalue weighted by molar-refractivity contribution is -0.122. The van der Waals surface area contributed by atoms with Gasteiger partial charge in [0.05, 0.1) is 19.8 Å². The Labute approximate surface area is 87.3 Å². The van der Waals surface area contributed by atoms with E-state index in [1.54, 1.807) is 5.57 Å². The molecule has 0 aromatic heterocycles. The van der Waals surface area contributed by atoms with Crippen LogP contribution in [0.15, 0.2) is 11.6 Å². The first-order chi connectivity index (χ1) is 6.86. The van der Waals surface area contributed by atoms with Crippen LogP contribution in [0.1, 0.15) is 39.5 Å². The summed E-state index contributed by atoms with van der Waals surface area (Å²) in [6, 6.07) is 0. The van der Waals surface area contributed by atoms with Crippen molar-refractivity contribution in [1.29, 1.82) is 0 Å². The van der Waals surface area contributed by atoms with E-state index in [1.165, 1.54) is 25.7 Å². The van der Waals surface area contributed by atoms with Crippen LogP contribution >= 0.6 is 0 Å². The van der Waals surface area contributed by atoms with Crippen molar-refractivity contribution in [3.8, 4) is 0 Å². The van der Waals surface area contributed by atoms with E-state index in [0.29, 0.717) is 6.10 Å². The first kappa shape index (κ1) is 11.7. The molecule has 0 radical (unpaired) electrons. The minimum absolute atomic E-state index is 0.357. The monoisotopic (exact) mass is 198 g/mol. The van der Waals surface area contributed by atoms with Crippen molar-refractivity contribution in [2.24, 2.45) is 0 Å². The molecule has 0 aliphatic carbocycles. The summed E-state index contributed by atoms with van der Waals surface area (Å²) in [5, 5.41) is 0. The SMILES string of the molecule is CCCC(=CCOC1COC1)CCC. The molecule has 1 heterocycles. The van der Waals surface area contributed by atoms with Gasteiger partial charge in [0, 0.05) is 0 Å². The molecule has 0 bridgehead atoms. The summed E-state index contributed by atoms with van der Waals surface area (Å²) >= 11 is 0. The second-order valence-corrected chi connectivity index (χ2v) is 3.86. The van der Waals surface area contributed by atoms with E-state index in [-0.39, 0.29) is 0 Å². The van der Waals surface area contributed by atoms with Crippen LogP contribution in [0.25, 0.3) is 0 Å². The third-order valence-electron chi connectivity index (χ3n) is 2.45. The first-order valence-electron chi connectivity index (χ1n) is 5.74. The molecule has 1 aliphatic rings. The summed E-state index contributed by atoms with van der Waals surface area (Å²) in [5.74, 6) is 0. The molecule has 1 saturated heterocycles. The van der Waals surface area contributed by atoms with Crippen LogP contribution in [0, 0.1) is 0 Å². The Morgan fingerprint density at radius 1 is 1.29 bits per heavy atom. The van der Waals surface area contributed by atoms with Crippen LogP contribution in [-0.4, -0.2) is 25.9 Å². The maximum Gasteiger partial charge on any atom is 0.104 e. The molecule has 0 amide bonds. The van der Waals surface area contributed by atoms with E-state index >= 15 is 0 Å². The second-order valence-electron chi connectivity index (χ2n) is 3.86. The van der Waals surface area contributed by atoms with Crippen LogP contribution in [0.2, 0.25) is 0 Å². The van der Waals surface area contributed by atoms with Gasteiger partial charge in [0.1, 0.15) is 6.10 Å². The normalized spacial score (nSPS) is 16.4. The summed E-state index contributed by atoms with van der Waals surface area (Å²) in [4.78, 5) is 0. The lowest BCUT2D eigenvalue weighted by Crippen LogP contribution is -2.36. The van der Waals surface area contributed by atoms with Crippen molar-refractivity contribution in [2.75, 3.05) is 19.8 Å². The molecule has 0 spiro atoms. The Morgan fingerprint density at radius 3 is 2.36 bits per heavy atom. The Balaban J connectivity index is 2.15. The quantitative estimate of drug-likeness (QED) is 0.586. The molecule has 0 N–H and O–H groups in total. The Hall–Kier alpha value is -0.340. The predicted molar refractivity (Wildman–Crippen MR) is 58.5 cm³/mol. The molecule has 1 fully saturated rings. The van der Waals surface area contributed by atoms with Gasteiger partial charge >= 0.3 is 0 Å². The van der Waals surface area contributed by atoms with Crippen LogP contribution in [-0.2, 0) is 9.47 Å². The summed E-state index contributed by atoms with van der Waals surface area (Å²) in [6.07, 6.45) is 7.52. The fourth-order valence-electron chi connectivity index (χ4n) is 1.58. The molecule has 14 heavy (non-hydrogen) atoms. The summed E-state index contributed by atoms with van der Waals surface area (Å²) in [7, 11) is 0. The van der Waals surface area contributed by atoms with Gasteiger partial charge < -0.3 is 9.47 Å². The number of hydrogen-bond donors (Lipinski definition) is 0. The van der Waals surface area contributed by atoms with Gasteiger partial charge in [0.25, 0.3) is 0 Å². The standard InChI is InChI=1S/C12H22O2/c1-3-5-11(6-4-2)7-8-14-12-9-13-10-12/h7,12H,3-6,8-10H2,1-2H3. The second kappa shape index (κ2) is 7.02. The smallest absolute Gasteiger partial charge is 0.104 e. The lowest BCUT2D eigenvalue weighted by atomic mass is 10.1. The summed E-state index contributed by atoms with van der Waals surface area (Å²) < 4.78 is 10.6. The zero-order valence-corrected chi connectivity index (χ0v) is 9.42. The van der Waals surface area contributed by atoms with Gasteiger partial charge in [-0.2, -0.15) is 0 Å². The van der Waals surface area contributed by atoms with Crippen molar-refractivity contribution < 1.29 is 9.47 Å². The summed E-state index contributed by atoms with van der Waals surface area (Å²) in [6.45, 7) is 6.78. The van der Waals surface area contributed by atoms with Crippen LogP contribution in [0.3, 0.4) is 0 Å². The van der Waals surface area contributed by atoms with E-state index in [0.717, 1.165) is 19.8 Å². The molecule has 2 nitrogen and oxygen atoms in total. The average molecular weight is 198 g/mol. The van der Waals surface area contributed by atoms with Gasteiger partial charge in [-0.05, 0) is 12.8 Å². The average Bonchev–Trinajstić information content (AvgIpc) is 2.10. The number of ether oxygens (including phenoxy) is 2. The number of allylic oxidation sites excluding steroid dienone is 1. The molecule has 0 atom stereocenters. The minimum Gasteiger partial charge on any atom is -0.376 e. The predicted octanol–water partition coefficient (Wildman–Crippen LogP) is 2.93. The van der Waals surface area contributed by atoms with Gasteiger partial charge in [-0.3, -0.25) is 0 Å². The molecule has 0 aromatic rings. The highest BCUT2D eigenvalue weighted by atomic mass is 16.6. The van der Waals surface area contributed by atoms with Crippen LogP contribution < -0.4 is 0 Å². The third-order valence-corrected chi connectivity index (χ3v) is 2.45. The minimum atomic E-state index is 0.357. The van der Waals surface area contributed by atoms with Crippen LogP contribution in [0.5, 0.6) is 0 Å². The molecule has 2 heteroatoms. The van der Waals surface area contributed by atoms with Crippen molar-refractivity contribution in [2.45, 2.75) is 45.6 Å². The number of rotatable bonds is 7. The van der Waals surface area contributed by atoms with E-state index in [2.05, 4.69) is 19.9 Å². The highest BCUT2D eigenvalue weighted by Crippen LogP contribution is 2.12. The molecule has 0 aromatic carbocycles. The lowest BCUT2D eigenvalue weighted by Gasteiger charge is -2.25. The van der Waals surface area contributed by atoms with Gasteiger partial charge in [-0.1, -0.05) is 38.3 Å². The molecular formula is C12H22O2. The van der Waals surface area contributed by atoms with Crippen LogP contribution in [0.4, 0.5) is 0 Å². The van der Waals surface area contributed by atoms with Crippen molar-refractivity contribution in [1.82, 2.24) is 0 Å². The largest absolute Gasteiger partial charge is 0.376 e. The molecule has 82 valence electrons. The third kappa shape index (κ3) is 4.25. The first-order valence-corrected chi connectivity index (χ1v) is 5.74. The van der Waals surface area contributed by atoms with Gasteiger partial charge in [-0.15, -0.1) is 0 Å². The molecule has 1 aliphatic heterocycles. The molecular weight excluding hydrogens is 176 g/mol. The Morgan fingerprint density at radius 2 is 1.93 bits per heavy atom. The Bertz CT molecular complexity index is 163. The topological polar surface area (TPSA) is 18.5 Å². The van der Waals surface area contributed by atoms with Crippen molar-refractivity contribution in [3.63, 3.8) is 0 Å². The van der Waals surface area contributed by atoms with Crippen molar-refractivity contribution in [3.05, 3.63) is 11.6 Å². The Kier molecular flexibility index (Phi) is 5.88. The van der Waals surface area contributed by atoms with Gasteiger partial charge in [-0.25, -0.2) is 0 Å². The van der Waals surface area contributed by atoms with E-state index < -0.39 is 0 Å². The van der Waals surface area contributed by atoms with Gasteiger partial charge in [0.15, 0.2) is 0 Å². The molecule has 1 rings (SSSR count). The maximum absolute atomic E-state index is 5.60. The van der Waals surface area contributed by atoms with E-state index in [1.807, 2.05) is 0 Å². The highest BCUT2D eigenvalue weighted by molar-refractivity contribution is 5.01. The molecule has 0 saturated carbocycles. The summed E-state index contributed by atoms with van der Waals surface area (Å²) in [5.41, 5.74) is 1.55. The fraction of sp³-hybridized carbons (Fsp3) is 0.833. The number of hydrogen-bond acceptors (Lipinski definition) is 2. The van der Waals surface area contributed by atoms with E-state index in [4.69, 9.17) is 9.47 Å². The fourth-order valence-corrected chi connectivity index (χ4v) is 1.58. The van der Waals surface area contributed by atoms with Gasteiger partial charge in [0.2, 0.25) is 0 Å². The highest BCUT2D eigenvalue weighted by Gasteiger charge is 2.17. The zero-order valence-electron chi connectivity index (χ0n) is 9.42.